The zero-order chi connectivity index (χ0) is 13.8. The highest BCUT2D eigenvalue weighted by atomic mass is 35.5. The number of hydrogen-bond acceptors (Lipinski definition) is 3. The van der Waals surface area contributed by atoms with Crippen LogP contribution in [0, 0.1) is 5.92 Å². The van der Waals surface area contributed by atoms with E-state index in [1.165, 1.54) is 12.8 Å². The number of anilines is 1. The topological polar surface area (TPSA) is 67.1 Å². The Morgan fingerprint density at radius 1 is 1.58 bits per heavy atom. The number of piperidine rings is 1. The molecule has 4 N–H and O–H groups in total. The number of primary amides is 1. The van der Waals surface area contributed by atoms with Gasteiger partial charge in [0.05, 0.1) is 10.7 Å². The number of nitrogens with two attached hydrogens (primary N) is 1. The second-order valence-electron chi connectivity index (χ2n) is 5.10. The summed E-state index contributed by atoms with van der Waals surface area (Å²) in [6.07, 6.45) is 2.43. The van der Waals surface area contributed by atoms with Crippen LogP contribution in [0.2, 0.25) is 5.02 Å². The van der Waals surface area contributed by atoms with Gasteiger partial charge in [-0.1, -0.05) is 11.6 Å². The third kappa shape index (κ3) is 3.61. The van der Waals surface area contributed by atoms with Crippen molar-refractivity contribution in [3.8, 4) is 0 Å². The van der Waals surface area contributed by atoms with E-state index in [-0.39, 0.29) is 0 Å². The Morgan fingerprint density at radius 3 is 2.95 bits per heavy atom. The Labute approximate surface area is 118 Å². The molecule has 2 rings (SSSR count). The molecule has 0 radical (unpaired) electrons. The summed E-state index contributed by atoms with van der Waals surface area (Å²) in [4.78, 5) is 11.1. The van der Waals surface area contributed by atoms with Gasteiger partial charge < -0.3 is 16.4 Å². The van der Waals surface area contributed by atoms with Gasteiger partial charge in [-0.3, -0.25) is 4.79 Å². The molecular weight excluding hydrogens is 262 g/mol. The van der Waals surface area contributed by atoms with Crippen molar-refractivity contribution in [2.24, 2.45) is 11.7 Å². The summed E-state index contributed by atoms with van der Waals surface area (Å²) in [5.41, 5.74) is 6.51. The van der Waals surface area contributed by atoms with Crippen LogP contribution in [-0.4, -0.2) is 25.0 Å². The molecule has 0 bridgehead atoms. The maximum absolute atomic E-state index is 11.1. The third-order valence-electron chi connectivity index (χ3n) is 3.68. The van der Waals surface area contributed by atoms with Crippen LogP contribution in [0.3, 0.4) is 0 Å². The molecule has 1 heterocycles. The Hall–Kier alpha value is -1.26. The van der Waals surface area contributed by atoms with Crippen molar-refractivity contribution in [2.45, 2.75) is 25.8 Å². The molecule has 0 spiro atoms. The minimum Gasteiger partial charge on any atom is -0.381 e. The Morgan fingerprint density at radius 2 is 2.37 bits per heavy atom. The van der Waals surface area contributed by atoms with E-state index >= 15 is 0 Å². The molecule has 4 nitrogen and oxygen atoms in total. The summed E-state index contributed by atoms with van der Waals surface area (Å²) < 4.78 is 0. The van der Waals surface area contributed by atoms with Gasteiger partial charge in [-0.2, -0.15) is 0 Å². The predicted molar refractivity (Wildman–Crippen MR) is 78.6 cm³/mol. The third-order valence-corrected chi connectivity index (χ3v) is 3.99. The standard InChI is InChI=1S/C14H20ClN3O/c1-9(11-3-2-6-17-8-11)18-13-5-4-10(14(16)19)7-12(13)15/h4-5,7,9,11,17-18H,2-3,6,8H2,1H3,(H2,16,19). The molecule has 104 valence electrons. The molecule has 1 aliphatic rings. The Kier molecular flexibility index (Phi) is 4.66. The van der Waals surface area contributed by atoms with Crippen LogP contribution in [0.25, 0.3) is 0 Å². The molecular formula is C14H20ClN3O. The first-order valence-corrected chi connectivity index (χ1v) is 7.02. The van der Waals surface area contributed by atoms with E-state index in [1.54, 1.807) is 12.1 Å². The van der Waals surface area contributed by atoms with Crippen LogP contribution in [0.1, 0.15) is 30.1 Å². The number of rotatable bonds is 4. The average molecular weight is 282 g/mol. The molecule has 1 fully saturated rings. The smallest absolute Gasteiger partial charge is 0.248 e. The average Bonchev–Trinajstić information content (AvgIpc) is 2.41. The molecule has 2 atom stereocenters. The van der Waals surface area contributed by atoms with E-state index in [2.05, 4.69) is 17.6 Å². The molecule has 2 unspecified atom stereocenters. The van der Waals surface area contributed by atoms with Crippen molar-refractivity contribution < 1.29 is 4.79 Å². The largest absolute Gasteiger partial charge is 0.381 e. The van der Waals surface area contributed by atoms with Gasteiger partial charge in [0.25, 0.3) is 0 Å². The molecule has 5 heteroatoms. The number of halogens is 1. The van der Waals surface area contributed by atoms with Crippen molar-refractivity contribution in [1.82, 2.24) is 5.32 Å². The second kappa shape index (κ2) is 6.26. The lowest BCUT2D eigenvalue weighted by Crippen LogP contribution is -2.38. The number of amides is 1. The van der Waals surface area contributed by atoms with Gasteiger partial charge in [0.1, 0.15) is 0 Å². The van der Waals surface area contributed by atoms with Crippen molar-refractivity contribution in [3.05, 3.63) is 28.8 Å². The minimum absolute atomic E-state index is 0.338. The van der Waals surface area contributed by atoms with Crippen molar-refractivity contribution in [1.29, 1.82) is 0 Å². The van der Waals surface area contributed by atoms with E-state index in [0.717, 1.165) is 18.8 Å². The van der Waals surface area contributed by atoms with E-state index in [0.29, 0.717) is 22.5 Å². The summed E-state index contributed by atoms with van der Waals surface area (Å²) in [7, 11) is 0. The molecule has 0 saturated carbocycles. The van der Waals surface area contributed by atoms with Gasteiger partial charge >= 0.3 is 0 Å². The number of carbonyl (C=O) groups excluding carboxylic acids is 1. The van der Waals surface area contributed by atoms with Crippen molar-refractivity contribution in [3.63, 3.8) is 0 Å². The molecule has 19 heavy (non-hydrogen) atoms. The fourth-order valence-electron chi connectivity index (χ4n) is 2.45. The normalized spacial score (nSPS) is 20.8. The molecule has 1 saturated heterocycles. The van der Waals surface area contributed by atoms with Gasteiger partial charge in [-0.25, -0.2) is 0 Å². The lowest BCUT2D eigenvalue weighted by Gasteiger charge is -2.29. The first kappa shape index (κ1) is 14.2. The fraction of sp³-hybridized carbons (Fsp3) is 0.500. The van der Waals surface area contributed by atoms with Crippen LogP contribution in [0.4, 0.5) is 5.69 Å². The predicted octanol–water partition coefficient (Wildman–Crippen LogP) is 2.24. The molecule has 1 aromatic carbocycles. The van der Waals surface area contributed by atoms with E-state index in [9.17, 15) is 4.79 Å². The van der Waals surface area contributed by atoms with Crippen LogP contribution < -0.4 is 16.4 Å². The van der Waals surface area contributed by atoms with Gasteiger partial charge in [-0.15, -0.1) is 0 Å². The van der Waals surface area contributed by atoms with Crippen molar-refractivity contribution in [2.75, 3.05) is 18.4 Å². The highest BCUT2D eigenvalue weighted by molar-refractivity contribution is 6.33. The minimum atomic E-state index is -0.460. The van der Waals surface area contributed by atoms with E-state index < -0.39 is 5.91 Å². The first-order chi connectivity index (χ1) is 9.08. The van der Waals surface area contributed by atoms with Gasteiger partial charge in [0.2, 0.25) is 5.91 Å². The lowest BCUT2D eigenvalue weighted by molar-refractivity contribution is 0.100. The van der Waals surface area contributed by atoms with E-state index in [1.807, 2.05) is 6.07 Å². The number of nitrogens with one attached hydrogen (secondary N) is 2. The zero-order valence-electron chi connectivity index (χ0n) is 11.1. The summed E-state index contributed by atoms with van der Waals surface area (Å²) in [6.45, 7) is 4.30. The molecule has 1 amide bonds. The second-order valence-corrected chi connectivity index (χ2v) is 5.51. The van der Waals surface area contributed by atoms with Crippen LogP contribution >= 0.6 is 11.6 Å². The lowest BCUT2D eigenvalue weighted by atomic mass is 9.92. The highest BCUT2D eigenvalue weighted by Crippen LogP contribution is 2.26. The Bertz CT molecular complexity index is 458. The van der Waals surface area contributed by atoms with E-state index in [4.69, 9.17) is 17.3 Å². The number of hydrogen-bond donors (Lipinski definition) is 3. The summed E-state index contributed by atoms with van der Waals surface area (Å²) in [5, 5.41) is 7.36. The van der Waals surface area contributed by atoms with Crippen LogP contribution in [0.15, 0.2) is 18.2 Å². The van der Waals surface area contributed by atoms with Gasteiger partial charge in [-0.05, 0) is 57.0 Å². The highest BCUT2D eigenvalue weighted by Gasteiger charge is 2.20. The summed E-state index contributed by atoms with van der Waals surface area (Å²) in [5.74, 6) is 0.138. The fourth-order valence-corrected chi connectivity index (χ4v) is 2.69. The van der Waals surface area contributed by atoms with Gasteiger partial charge in [0.15, 0.2) is 0 Å². The molecule has 0 aromatic heterocycles. The number of carbonyl (C=O) groups is 1. The van der Waals surface area contributed by atoms with Crippen molar-refractivity contribution >= 4 is 23.2 Å². The maximum Gasteiger partial charge on any atom is 0.248 e. The zero-order valence-corrected chi connectivity index (χ0v) is 11.8. The molecule has 0 aliphatic carbocycles. The number of benzene rings is 1. The Balaban J connectivity index is 2.03. The monoisotopic (exact) mass is 281 g/mol. The van der Waals surface area contributed by atoms with Crippen LogP contribution in [-0.2, 0) is 0 Å². The van der Waals surface area contributed by atoms with Gasteiger partial charge in [0, 0.05) is 11.6 Å². The molecule has 1 aliphatic heterocycles. The molecule has 1 aromatic rings. The van der Waals surface area contributed by atoms with Crippen LogP contribution in [0.5, 0.6) is 0 Å². The first-order valence-electron chi connectivity index (χ1n) is 6.64. The summed E-state index contributed by atoms with van der Waals surface area (Å²) >= 11 is 6.17. The SMILES string of the molecule is CC(Nc1ccc(C(N)=O)cc1Cl)C1CCCNC1. The quantitative estimate of drug-likeness (QED) is 0.793. The maximum atomic E-state index is 11.1. The summed E-state index contributed by atoms with van der Waals surface area (Å²) in [6, 6.07) is 5.46.